The third kappa shape index (κ3) is 2.37. The van der Waals surface area contributed by atoms with Crippen LogP contribution in [0.1, 0.15) is 40.0 Å². The van der Waals surface area contributed by atoms with Crippen molar-refractivity contribution >= 4 is 33.2 Å². The van der Waals surface area contributed by atoms with Crippen molar-refractivity contribution < 1.29 is 4.74 Å². The van der Waals surface area contributed by atoms with Gasteiger partial charge in [0.1, 0.15) is 0 Å². The highest BCUT2D eigenvalue weighted by molar-refractivity contribution is 9.10. The third-order valence-corrected chi connectivity index (χ3v) is 6.59. The van der Waals surface area contributed by atoms with Crippen LogP contribution in [-0.2, 0) is 0 Å². The Morgan fingerprint density at radius 2 is 2.05 bits per heavy atom. The Balaban J connectivity index is 1.97. The second-order valence-corrected chi connectivity index (χ2v) is 8.75. The van der Waals surface area contributed by atoms with Crippen LogP contribution in [0.5, 0.6) is 5.75 Å². The fourth-order valence-corrected chi connectivity index (χ4v) is 5.66. The summed E-state index contributed by atoms with van der Waals surface area (Å²) in [6.45, 7) is 7.21. The number of methoxy groups -OCH3 is 1. The van der Waals surface area contributed by atoms with Gasteiger partial charge in [0.15, 0.2) is 5.75 Å². The van der Waals surface area contributed by atoms with Gasteiger partial charge in [-0.2, -0.15) is 0 Å². The van der Waals surface area contributed by atoms with Crippen LogP contribution >= 0.6 is 27.5 Å². The topological polar surface area (TPSA) is 21.3 Å². The fraction of sp³-hybridized carbons (Fsp3) is 0.647. The Labute approximate surface area is 140 Å². The summed E-state index contributed by atoms with van der Waals surface area (Å²) in [6, 6.07) is 4.29. The molecular weight excluding hydrogens is 350 g/mol. The van der Waals surface area contributed by atoms with Gasteiger partial charge in [-0.25, -0.2) is 0 Å². The largest absolute Gasteiger partial charge is 0.493 e. The van der Waals surface area contributed by atoms with Gasteiger partial charge in [-0.1, -0.05) is 32.4 Å². The number of hydrogen-bond donors (Lipinski definition) is 1. The molecule has 3 unspecified atom stereocenters. The van der Waals surface area contributed by atoms with E-state index in [1.165, 1.54) is 19.3 Å². The van der Waals surface area contributed by atoms with Crippen molar-refractivity contribution in [3.8, 4) is 5.75 Å². The minimum atomic E-state index is 0.298. The highest BCUT2D eigenvalue weighted by Gasteiger charge is 2.59. The molecule has 2 aliphatic rings. The minimum absolute atomic E-state index is 0.298. The first kappa shape index (κ1) is 15.5. The summed E-state index contributed by atoms with van der Waals surface area (Å²) in [5.41, 5.74) is 1.66. The van der Waals surface area contributed by atoms with Gasteiger partial charge in [0.2, 0.25) is 0 Å². The zero-order valence-electron chi connectivity index (χ0n) is 13.1. The van der Waals surface area contributed by atoms with E-state index >= 15 is 0 Å². The maximum atomic E-state index is 6.22. The van der Waals surface area contributed by atoms with Crippen LogP contribution in [0.2, 0.25) is 5.02 Å². The van der Waals surface area contributed by atoms with E-state index in [4.69, 9.17) is 16.3 Å². The summed E-state index contributed by atoms with van der Waals surface area (Å²) in [5.74, 6) is 1.65. The maximum absolute atomic E-state index is 6.22. The smallest absolute Gasteiger partial charge is 0.156 e. The van der Waals surface area contributed by atoms with Crippen molar-refractivity contribution in [2.75, 3.05) is 12.4 Å². The molecule has 1 aromatic rings. The summed E-state index contributed by atoms with van der Waals surface area (Å²) < 4.78 is 6.45. The second-order valence-electron chi connectivity index (χ2n) is 7.46. The number of nitrogens with one attached hydrogen (secondary N) is 1. The molecule has 2 bridgehead atoms. The lowest BCUT2D eigenvalue weighted by atomic mass is 9.68. The molecule has 21 heavy (non-hydrogen) atoms. The van der Waals surface area contributed by atoms with Crippen LogP contribution in [0.4, 0.5) is 5.69 Å². The van der Waals surface area contributed by atoms with Gasteiger partial charge in [0, 0.05) is 11.1 Å². The first-order chi connectivity index (χ1) is 9.78. The Morgan fingerprint density at radius 1 is 1.33 bits per heavy atom. The van der Waals surface area contributed by atoms with Crippen LogP contribution in [0.15, 0.2) is 16.6 Å². The number of benzene rings is 1. The Morgan fingerprint density at radius 3 is 2.62 bits per heavy atom. The Bertz CT molecular complexity index is 569. The standard InChI is InChI=1S/C17H23BrClNO/c1-16(2)10-5-6-17(3,9-10)15(16)20-13-8-11(19)7-12(18)14(13)21-4/h7-8,10,15,20H,5-6,9H2,1-4H3. The molecule has 2 aliphatic carbocycles. The number of ether oxygens (including phenoxy) is 1. The van der Waals surface area contributed by atoms with Crippen molar-refractivity contribution in [1.29, 1.82) is 0 Å². The average Bonchev–Trinajstić information content (AvgIpc) is 2.85. The molecule has 116 valence electrons. The molecule has 0 aromatic heterocycles. The summed E-state index contributed by atoms with van der Waals surface area (Å²) in [5, 5.41) is 4.48. The number of rotatable bonds is 3. The van der Waals surface area contributed by atoms with Crippen LogP contribution in [0.25, 0.3) is 0 Å². The van der Waals surface area contributed by atoms with Gasteiger partial charge >= 0.3 is 0 Å². The molecule has 2 nitrogen and oxygen atoms in total. The van der Waals surface area contributed by atoms with E-state index in [2.05, 4.69) is 42.0 Å². The third-order valence-electron chi connectivity index (χ3n) is 5.78. The number of halogens is 2. The Hall–Kier alpha value is -0.410. The van der Waals surface area contributed by atoms with E-state index < -0.39 is 0 Å². The highest BCUT2D eigenvalue weighted by atomic mass is 79.9. The lowest BCUT2D eigenvalue weighted by molar-refractivity contribution is 0.155. The fourth-order valence-electron chi connectivity index (χ4n) is 4.69. The highest BCUT2D eigenvalue weighted by Crippen LogP contribution is 2.63. The van der Waals surface area contributed by atoms with E-state index in [-0.39, 0.29) is 0 Å². The van der Waals surface area contributed by atoms with Crippen LogP contribution in [-0.4, -0.2) is 13.2 Å². The van der Waals surface area contributed by atoms with Crippen molar-refractivity contribution in [2.45, 2.75) is 46.1 Å². The molecule has 1 N–H and O–H groups in total. The van der Waals surface area contributed by atoms with E-state index in [9.17, 15) is 0 Å². The van der Waals surface area contributed by atoms with Crippen molar-refractivity contribution in [2.24, 2.45) is 16.7 Å². The molecule has 0 spiro atoms. The van der Waals surface area contributed by atoms with Crippen LogP contribution < -0.4 is 10.1 Å². The predicted octanol–water partition coefficient (Wildman–Crippen LogP) is 5.74. The first-order valence-electron chi connectivity index (χ1n) is 7.57. The monoisotopic (exact) mass is 371 g/mol. The second kappa shape index (κ2) is 5.06. The van der Waals surface area contributed by atoms with Gasteiger partial charge in [-0.3, -0.25) is 0 Å². The number of anilines is 1. The van der Waals surface area contributed by atoms with Gasteiger partial charge in [0.05, 0.1) is 17.3 Å². The van der Waals surface area contributed by atoms with Crippen molar-refractivity contribution in [3.63, 3.8) is 0 Å². The summed E-state index contributed by atoms with van der Waals surface area (Å²) in [7, 11) is 1.70. The lowest BCUT2D eigenvalue weighted by Gasteiger charge is -2.43. The first-order valence-corrected chi connectivity index (χ1v) is 8.74. The van der Waals surface area contributed by atoms with Crippen LogP contribution in [0, 0.1) is 16.7 Å². The van der Waals surface area contributed by atoms with E-state index in [1.807, 2.05) is 12.1 Å². The summed E-state index contributed by atoms with van der Waals surface area (Å²) in [4.78, 5) is 0. The summed E-state index contributed by atoms with van der Waals surface area (Å²) in [6.07, 6.45) is 3.99. The van der Waals surface area contributed by atoms with Gasteiger partial charge < -0.3 is 10.1 Å². The van der Waals surface area contributed by atoms with Crippen LogP contribution in [0.3, 0.4) is 0 Å². The lowest BCUT2D eigenvalue weighted by Crippen LogP contribution is -2.45. The normalized spacial score (nSPS) is 33.2. The average molecular weight is 373 g/mol. The molecule has 2 saturated carbocycles. The molecule has 3 atom stereocenters. The molecule has 3 rings (SSSR count). The molecule has 2 fully saturated rings. The van der Waals surface area contributed by atoms with E-state index in [0.29, 0.717) is 16.9 Å². The van der Waals surface area contributed by atoms with Crippen molar-refractivity contribution in [1.82, 2.24) is 0 Å². The van der Waals surface area contributed by atoms with E-state index in [1.54, 1.807) is 7.11 Å². The number of hydrogen-bond acceptors (Lipinski definition) is 2. The maximum Gasteiger partial charge on any atom is 0.156 e. The quantitative estimate of drug-likeness (QED) is 0.730. The van der Waals surface area contributed by atoms with Crippen molar-refractivity contribution in [3.05, 3.63) is 21.6 Å². The predicted molar refractivity (Wildman–Crippen MR) is 92.3 cm³/mol. The number of fused-ring (bicyclic) bond motifs is 2. The minimum Gasteiger partial charge on any atom is -0.493 e. The van der Waals surface area contributed by atoms with Gasteiger partial charge in [-0.05, 0) is 64.1 Å². The van der Waals surface area contributed by atoms with Gasteiger partial charge in [-0.15, -0.1) is 0 Å². The molecule has 0 heterocycles. The molecule has 0 amide bonds. The molecule has 4 heteroatoms. The molecular formula is C17H23BrClNO. The Kier molecular flexibility index (Phi) is 3.73. The molecule has 0 saturated heterocycles. The van der Waals surface area contributed by atoms with E-state index in [0.717, 1.165) is 26.9 Å². The SMILES string of the molecule is COc1c(Br)cc(Cl)cc1NC1C2(C)CCC(C2)C1(C)C. The summed E-state index contributed by atoms with van der Waals surface area (Å²) >= 11 is 9.76. The molecule has 1 aromatic carbocycles. The van der Waals surface area contributed by atoms with Gasteiger partial charge in [0.25, 0.3) is 0 Å². The zero-order valence-corrected chi connectivity index (χ0v) is 15.4. The molecule has 0 aliphatic heterocycles. The molecule has 0 radical (unpaired) electrons. The zero-order chi connectivity index (χ0) is 15.4.